The van der Waals surface area contributed by atoms with Gasteiger partial charge in [-0.05, 0) is 52.0 Å². The number of carbonyl (C=O) groups is 1. The second-order valence-corrected chi connectivity index (χ2v) is 11.8. The highest BCUT2D eigenvalue weighted by Gasteiger charge is 2.31. The molecule has 5 heterocycles. The number of hydrogen-bond donors (Lipinski definition) is 1. The van der Waals surface area contributed by atoms with E-state index in [0.717, 1.165) is 46.8 Å². The monoisotopic (exact) mass is 586 g/mol. The van der Waals surface area contributed by atoms with Gasteiger partial charge in [-0.15, -0.1) is 10.2 Å². The quantitative estimate of drug-likeness (QED) is 0.321. The summed E-state index contributed by atoms with van der Waals surface area (Å²) in [4.78, 5) is 31.9. The number of H-pyrrole nitrogens is 1. The van der Waals surface area contributed by atoms with Crippen LogP contribution in [0.5, 0.6) is 5.75 Å². The van der Waals surface area contributed by atoms with Crippen LogP contribution in [-0.4, -0.2) is 88.4 Å². The Bertz CT molecular complexity index is 1610. The molecule has 1 amide bonds. The molecular formula is C31H38N8O4. The molecule has 1 N–H and O–H groups in total. The van der Waals surface area contributed by atoms with Crippen molar-refractivity contribution in [3.63, 3.8) is 0 Å². The summed E-state index contributed by atoms with van der Waals surface area (Å²) in [5.74, 6) is 2.22. The predicted octanol–water partition coefficient (Wildman–Crippen LogP) is 4.58. The van der Waals surface area contributed by atoms with E-state index in [1.165, 1.54) is 5.56 Å². The summed E-state index contributed by atoms with van der Waals surface area (Å²) in [5, 5.41) is 10.1. The molecular weight excluding hydrogens is 548 g/mol. The van der Waals surface area contributed by atoms with Crippen molar-refractivity contribution in [1.82, 2.24) is 30.0 Å². The Labute approximate surface area is 251 Å². The Balaban J connectivity index is 1.23. The van der Waals surface area contributed by atoms with Crippen molar-refractivity contribution in [3.05, 3.63) is 53.9 Å². The van der Waals surface area contributed by atoms with Crippen LogP contribution in [0, 0.1) is 0 Å². The fourth-order valence-corrected chi connectivity index (χ4v) is 5.75. The zero-order chi connectivity index (χ0) is 30.1. The maximum absolute atomic E-state index is 12.5. The van der Waals surface area contributed by atoms with Crippen LogP contribution in [0.15, 0.2) is 42.6 Å². The fourth-order valence-electron chi connectivity index (χ4n) is 5.75. The molecule has 2 aliphatic heterocycles. The van der Waals surface area contributed by atoms with Gasteiger partial charge in [0.15, 0.2) is 12.4 Å². The van der Waals surface area contributed by atoms with Crippen molar-refractivity contribution in [2.24, 2.45) is 0 Å². The topological polar surface area (TPSA) is 122 Å². The van der Waals surface area contributed by atoms with Gasteiger partial charge in [0.2, 0.25) is 5.95 Å². The summed E-state index contributed by atoms with van der Waals surface area (Å²) in [6.45, 7) is 11.3. The molecule has 0 bridgehead atoms. The largest absolute Gasteiger partial charge is 0.467 e. The van der Waals surface area contributed by atoms with E-state index in [-0.39, 0.29) is 18.9 Å². The average molecular weight is 587 g/mol. The number of aromatic amines is 1. The molecule has 12 nitrogen and oxygen atoms in total. The van der Waals surface area contributed by atoms with Crippen LogP contribution in [0.1, 0.15) is 45.0 Å². The third kappa shape index (κ3) is 5.92. The minimum absolute atomic E-state index is 0.00815. The lowest BCUT2D eigenvalue weighted by Crippen LogP contribution is -2.50. The van der Waals surface area contributed by atoms with E-state index in [0.29, 0.717) is 37.9 Å². The second-order valence-electron chi connectivity index (χ2n) is 11.8. The molecule has 3 aromatic heterocycles. The molecule has 2 aliphatic rings. The Morgan fingerprint density at radius 1 is 1.07 bits per heavy atom. The number of nitrogens with one attached hydrogen (secondary N) is 1. The van der Waals surface area contributed by atoms with Crippen molar-refractivity contribution >= 4 is 28.9 Å². The number of ether oxygens (including phenoxy) is 3. The minimum atomic E-state index is -0.511. The molecule has 1 atom stereocenters. The molecule has 1 saturated heterocycles. The number of amides is 1. The standard InChI is InChI=1S/C31H38N8O4/c1-20-27-22-18-24(21-8-6-7-9-25(21)42-19-41-5)35-36-28(22)33-23(27)11-13-39(20)29-32-12-10-26(34-29)37-14-16-38(17-15-37)30(40)43-31(2,3)4/h6-10,12,18,20H,11,13-17,19H2,1-5H3,(H,33,36)/t20-/m0/s1. The molecule has 0 radical (unpaired) electrons. The van der Waals surface area contributed by atoms with Gasteiger partial charge in [-0.1, -0.05) is 12.1 Å². The Kier molecular flexibility index (Phi) is 7.78. The first kappa shape index (κ1) is 28.7. The van der Waals surface area contributed by atoms with Gasteiger partial charge < -0.3 is 33.9 Å². The van der Waals surface area contributed by atoms with Crippen molar-refractivity contribution in [1.29, 1.82) is 0 Å². The van der Waals surface area contributed by atoms with Gasteiger partial charge in [-0.2, -0.15) is 4.98 Å². The lowest BCUT2D eigenvalue weighted by atomic mass is 9.97. The zero-order valence-electron chi connectivity index (χ0n) is 25.3. The number of fused-ring (bicyclic) bond motifs is 3. The summed E-state index contributed by atoms with van der Waals surface area (Å²) in [6, 6.07) is 11.8. The van der Waals surface area contributed by atoms with E-state index in [4.69, 9.17) is 19.2 Å². The van der Waals surface area contributed by atoms with Gasteiger partial charge in [0.1, 0.15) is 17.2 Å². The molecule has 6 rings (SSSR count). The maximum atomic E-state index is 12.5. The molecule has 4 aromatic rings. The number of benzene rings is 1. The summed E-state index contributed by atoms with van der Waals surface area (Å²) in [5.41, 5.74) is 4.16. The van der Waals surface area contributed by atoms with Crippen LogP contribution < -0.4 is 14.5 Å². The summed E-state index contributed by atoms with van der Waals surface area (Å²) < 4.78 is 16.4. The summed E-state index contributed by atoms with van der Waals surface area (Å²) in [7, 11) is 1.60. The molecule has 0 aliphatic carbocycles. The number of methoxy groups -OCH3 is 1. The number of carbonyl (C=O) groups excluding carboxylic acids is 1. The van der Waals surface area contributed by atoms with Crippen molar-refractivity contribution in [3.8, 4) is 17.0 Å². The van der Waals surface area contributed by atoms with E-state index in [2.05, 4.69) is 43.0 Å². The number of piperazine rings is 1. The van der Waals surface area contributed by atoms with E-state index in [9.17, 15) is 4.79 Å². The first-order valence-electron chi connectivity index (χ1n) is 14.6. The fraction of sp³-hybridized carbons (Fsp3) is 0.452. The smallest absolute Gasteiger partial charge is 0.410 e. The lowest BCUT2D eigenvalue weighted by Gasteiger charge is -2.37. The molecule has 43 heavy (non-hydrogen) atoms. The third-order valence-electron chi connectivity index (χ3n) is 7.80. The summed E-state index contributed by atoms with van der Waals surface area (Å²) in [6.07, 6.45) is 2.35. The number of para-hydroxylation sites is 1. The Morgan fingerprint density at radius 3 is 2.63 bits per heavy atom. The number of hydrogen-bond acceptors (Lipinski definition) is 10. The van der Waals surface area contributed by atoms with E-state index < -0.39 is 5.60 Å². The van der Waals surface area contributed by atoms with Crippen molar-refractivity contribution < 1.29 is 19.0 Å². The van der Waals surface area contributed by atoms with Crippen LogP contribution in [0.2, 0.25) is 0 Å². The summed E-state index contributed by atoms with van der Waals surface area (Å²) >= 11 is 0. The second kappa shape index (κ2) is 11.7. The molecule has 226 valence electrons. The number of aromatic nitrogens is 5. The van der Waals surface area contributed by atoms with E-state index >= 15 is 0 Å². The van der Waals surface area contributed by atoms with Gasteiger partial charge in [0, 0.05) is 74.7 Å². The maximum Gasteiger partial charge on any atom is 0.410 e. The van der Waals surface area contributed by atoms with Gasteiger partial charge in [-0.25, -0.2) is 9.78 Å². The Morgan fingerprint density at radius 2 is 1.86 bits per heavy atom. The highest BCUT2D eigenvalue weighted by atomic mass is 16.7. The van der Waals surface area contributed by atoms with Gasteiger partial charge in [-0.3, -0.25) is 0 Å². The van der Waals surface area contributed by atoms with E-state index in [1.54, 1.807) is 12.0 Å². The average Bonchev–Trinajstić information content (AvgIpc) is 3.38. The van der Waals surface area contributed by atoms with Crippen LogP contribution in [0.3, 0.4) is 0 Å². The first-order valence-corrected chi connectivity index (χ1v) is 14.6. The number of rotatable bonds is 6. The minimum Gasteiger partial charge on any atom is -0.467 e. The molecule has 0 spiro atoms. The van der Waals surface area contributed by atoms with E-state index in [1.807, 2.05) is 57.3 Å². The Hall–Kier alpha value is -4.45. The highest BCUT2D eigenvalue weighted by molar-refractivity contribution is 5.86. The van der Waals surface area contributed by atoms with Gasteiger partial charge in [0.25, 0.3) is 0 Å². The lowest BCUT2D eigenvalue weighted by molar-refractivity contribution is 0.0240. The van der Waals surface area contributed by atoms with Crippen LogP contribution in [-0.2, 0) is 15.9 Å². The molecule has 0 unspecified atom stereocenters. The zero-order valence-corrected chi connectivity index (χ0v) is 25.3. The normalized spacial score (nSPS) is 17.2. The number of anilines is 2. The molecule has 12 heteroatoms. The molecule has 0 saturated carbocycles. The number of nitrogens with zero attached hydrogens (tertiary/aromatic N) is 7. The highest BCUT2D eigenvalue weighted by Crippen LogP contribution is 2.38. The van der Waals surface area contributed by atoms with Crippen LogP contribution in [0.4, 0.5) is 16.6 Å². The predicted molar refractivity (Wildman–Crippen MR) is 163 cm³/mol. The van der Waals surface area contributed by atoms with Crippen LogP contribution in [0.25, 0.3) is 22.3 Å². The first-order chi connectivity index (χ1) is 20.7. The van der Waals surface area contributed by atoms with Crippen molar-refractivity contribution in [2.45, 2.75) is 45.8 Å². The molecule has 1 fully saturated rings. The van der Waals surface area contributed by atoms with Crippen molar-refractivity contribution in [2.75, 3.05) is 56.4 Å². The third-order valence-corrected chi connectivity index (χ3v) is 7.80. The SMILES string of the molecule is COCOc1ccccc1-c1cc2c3c([nH]c2nn1)CCN(c1nccc(N2CCN(C(=O)OC(C)(C)C)CC2)n1)[C@H]3C. The van der Waals surface area contributed by atoms with Gasteiger partial charge in [0.05, 0.1) is 11.7 Å². The van der Waals surface area contributed by atoms with Crippen LogP contribution >= 0.6 is 0 Å². The molecule has 1 aromatic carbocycles. The van der Waals surface area contributed by atoms with Gasteiger partial charge >= 0.3 is 6.09 Å².